The van der Waals surface area contributed by atoms with Gasteiger partial charge in [-0.1, -0.05) is 25.5 Å². The van der Waals surface area contributed by atoms with Crippen LogP contribution in [0.5, 0.6) is 0 Å². The van der Waals surface area contributed by atoms with Gasteiger partial charge >= 0.3 is 5.97 Å². The van der Waals surface area contributed by atoms with E-state index < -0.39 is 23.8 Å². The molecule has 2 amide bonds. The van der Waals surface area contributed by atoms with Gasteiger partial charge in [0.25, 0.3) is 0 Å². The molecule has 148 valence electrons. The second kappa shape index (κ2) is 10.1. The van der Waals surface area contributed by atoms with E-state index in [0.29, 0.717) is 0 Å². The molecule has 1 heterocycles. The van der Waals surface area contributed by atoms with Gasteiger partial charge < -0.3 is 20.1 Å². The number of amides is 2. The number of nitrogens with one attached hydrogen (secondary N) is 1. The SMILES string of the molecule is CCCCc1ccc(N2CC(C(=O)NC(CCOC)C(=O)O)CC2=O)cc1. The molecule has 0 radical (unpaired) electrons. The summed E-state index contributed by atoms with van der Waals surface area (Å²) >= 11 is 0. The van der Waals surface area contributed by atoms with E-state index in [0.717, 1.165) is 24.9 Å². The molecule has 1 aliphatic rings. The number of anilines is 1. The Morgan fingerprint density at radius 2 is 2.04 bits per heavy atom. The molecule has 27 heavy (non-hydrogen) atoms. The van der Waals surface area contributed by atoms with Crippen molar-refractivity contribution in [2.24, 2.45) is 5.92 Å². The Morgan fingerprint density at radius 3 is 2.63 bits per heavy atom. The molecule has 7 heteroatoms. The number of rotatable bonds is 10. The van der Waals surface area contributed by atoms with Crippen LogP contribution in [0.4, 0.5) is 5.69 Å². The van der Waals surface area contributed by atoms with Crippen molar-refractivity contribution in [3.8, 4) is 0 Å². The summed E-state index contributed by atoms with van der Waals surface area (Å²) in [6.45, 7) is 2.64. The zero-order valence-electron chi connectivity index (χ0n) is 15.9. The Morgan fingerprint density at radius 1 is 1.33 bits per heavy atom. The first-order valence-electron chi connectivity index (χ1n) is 9.37. The predicted octanol–water partition coefficient (Wildman–Crippen LogP) is 1.99. The van der Waals surface area contributed by atoms with Gasteiger partial charge in [0, 0.05) is 38.8 Å². The van der Waals surface area contributed by atoms with E-state index in [4.69, 9.17) is 4.74 Å². The first-order valence-corrected chi connectivity index (χ1v) is 9.37. The third-order valence-electron chi connectivity index (χ3n) is 4.79. The molecule has 2 rings (SSSR count). The third kappa shape index (κ3) is 5.79. The highest BCUT2D eigenvalue weighted by Gasteiger charge is 2.36. The Balaban J connectivity index is 1.97. The maximum atomic E-state index is 12.4. The van der Waals surface area contributed by atoms with Crippen LogP contribution in [0.1, 0.15) is 38.2 Å². The number of ether oxygens (including phenoxy) is 1. The Hall–Kier alpha value is -2.41. The van der Waals surface area contributed by atoms with Crippen molar-refractivity contribution in [2.45, 2.75) is 45.1 Å². The highest BCUT2D eigenvalue weighted by atomic mass is 16.5. The van der Waals surface area contributed by atoms with Gasteiger partial charge in [0.15, 0.2) is 0 Å². The number of carbonyl (C=O) groups is 3. The lowest BCUT2D eigenvalue weighted by Crippen LogP contribution is -2.44. The molecule has 0 aromatic heterocycles. The van der Waals surface area contributed by atoms with Crippen molar-refractivity contribution in [1.82, 2.24) is 5.32 Å². The van der Waals surface area contributed by atoms with Crippen molar-refractivity contribution in [3.05, 3.63) is 29.8 Å². The summed E-state index contributed by atoms with van der Waals surface area (Å²) in [4.78, 5) is 37.6. The number of hydrogen-bond donors (Lipinski definition) is 2. The second-order valence-electron chi connectivity index (χ2n) is 6.86. The fourth-order valence-corrected chi connectivity index (χ4v) is 3.14. The standard InChI is InChI=1S/C20H28N2O5/c1-3-4-5-14-6-8-16(9-7-14)22-13-15(12-18(22)23)19(24)21-17(20(25)26)10-11-27-2/h6-9,15,17H,3-5,10-13H2,1-2H3,(H,21,24)(H,25,26). The summed E-state index contributed by atoms with van der Waals surface area (Å²) in [5.41, 5.74) is 1.99. The van der Waals surface area contributed by atoms with Crippen molar-refractivity contribution in [1.29, 1.82) is 0 Å². The van der Waals surface area contributed by atoms with E-state index in [1.54, 1.807) is 4.90 Å². The van der Waals surface area contributed by atoms with Crippen LogP contribution in [-0.4, -0.2) is 49.2 Å². The number of aliphatic carboxylic acids is 1. The highest BCUT2D eigenvalue weighted by Crippen LogP contribution is 2.26. The van der Waals surface area contributed by atoms with E-state index in [2.05, 4.69) is 12.2 Å². The molecule has 2 unspecified atom stereocenters. The lowest BCUT2D eigenvalue weighted by Gasteiger charge is -2.19. The molecular weight excluding hydrogens is 348 g/mol. The molecule has 0 aliphatic carbocycles. The Bertz CT molecular complexity index is 659. The van der Waals surface area contributed by atoms with Gasteiger partial charge in [-0.2, -0.15) is 0 Å². The maximum absolute atomic E-state index is 12.4. The number of unbranched alkanes of at least 4 members (excludes halogenated alkanes) is 1. The first kappa shape index (κ1) is 20.9. The summed E-state index contributed by atoms with van der Waals surface area (Å²) in [7, 11) is 1.47. The first-order chi connectivity index (χ1) is 13.0. The van der Waals surface area contributed by atoms with Gasteiger partial charge in [-0.05, 0) is 30.5 Å². The van der Waals surface area contributed by atoms with Crippen molar-refractivity contribution < 1.29 is 24.2 Å². The van der Waals surface area contributed by atoms with E-state index in [1.165, 1.54) is 12.7 Å². The molecule has 0 bridgehead atoms. The van der Waals surface area contributed by atoms with Gasteiger partial charge in [-0.25, -0.2) is 4.79 Å². The molecule has 1 aromatic rings. The van der Waals surface area contributed by atoms with Gasteiger partial charge in [0.2, 0.25) is 11.8 Å². The van der Waals surface area contributed by atoms with Crippen LogP contribution in [0.3, 0.4) is 0 Å². The van der Waals surface area contributed by atoms with Crippen LogP contribution < -0.4 is 10.2 Å². The Labute approximate surface area is 159 Å². The van der Waals surface area contributed by atoms with Gasteiger partial charge in [0.05, 0.1) is 5.92 Å². The number of hydrogen-bond acceptors (Lipinski definition) is 4. The average molecular weight is 376 g/mol. The summed E-state index contributed by atoms with van der Waals surface area (Å²) < 4.78 is 4.88. The summed E-state index contributed by atoms with van der Waals surface area (Å²) in [5, 5.41) is 11.7. The molecule has 7 nitrogen and oxygen atoms in total. The minimum atomic E-state index is -1.11. The molecule has 1 aliphatic heterocycles. The molecule has 1 saturated heterocycles. The number of carboxylic acids is 1. The average Bonchev–Trinajstić information content (AvgIpc) is 3.05. The summed E-state index contributed by atoms with van der Waals surface area (Å²) in [6.07, 6.45) is 3.53. The van der Waals surface area contributed by atoms with E-state index in [1.807, 2.05) is 24.3 Å². The topological polar surface area (TPSA) is 95.9 Å². The highest BCUT2D eigenvalue weighted by molar-refractivity contribution is 6.00. The predicted molar refractivity (Wildman–Crippen MR) is 102 cm³/mol. The van der Waals surface area contributed by atoms with Gasteiger partial charge in [-0.3, -0.25) is 9.59 Å². The van der Waals surface area contributed by atoms with Crippen LogP contribution in [0.25, 0.3) is 0 Å². The second-order valence-corrected chi connectivity index (χ2v) is 6.86. The zero-order chi connectivity index (χ0) is 19.8. The zero-order valence-corrected chi connectivity index (χ0v) is 15.9. The normalized spacial score (nSPS) is 17.8. The minimum absolute atomic E-state index is 0.0834. The monoisotopic (exact) mass is 376 g/mol. The van der Waals surface area contributed by atoms with Gasteiger partial charge in [0.1, 0.15) is 6.04 Å². The lowest BCUT2D eigenvalue weighted by atomic mass is 10.1. The molecule has 2 N–H and O–H groups in total. The molecule has 0 spiro atoms. The number of aryl methyl sites for hydroxylation is 1. The largest absolute Gasteiger partial charge is 0.480 e. The number of carbonyl (C=O) groups excluding carboxylic acids is 2. The van der Waals surface area contributed by atoms with Crippen molar-refractivity contribution in [3.63, 3.8) is 0 Å². The smallest absolute Gasteiger partial charge is 0.326 e. The fraction of sp³-hybridized carbons (Fsp3) is 0.550. The molecule has 2 atom stereocenters. The van der Waals surface area contributed by atoms with Gasteiger partial charge in [-0.15, -0.1) is 0 Å². The molecule has 1 fully saturated rings. The number of carboxylic acid groups (broad SMARTS) is 1. The maximum Gasteiger partial charge on any atom is 0.326 e. The Kier molecular flexibility index (Phi) is 7.79. The number of nitrogens with zero attached hydrogens (tertiary/aromatic N) is 1. The number of methoxy groups -OCH3 is 1. The van der Waals surface area contributed by atoms with E-state index >= 15 is 0 Å². The van der Waals surface area contributed by atoms with Crippen molar-refractivity contribution in [2.75, 3.05) is 25.2 Å². The van der Waals surface area contributed by atoms with Crippen LogP contribution >= 0.6 is 0 Å². The van der Waals surface area contributed by atoms with Crippen LogP contribution in [0, 0.1) is 5.92 Å². The quantitative estimate of drug-likeness (QED) is 0.651. The fourth-order valence-electron chi connectivity index (χ4n) is 3.14. The van der Waals surface area contributed by atoms with E-state index in [9.17, 15) is 19.5 Å². The minimum Gasteiger partial charge on any atom is -0.480 e. The number of benzene rings is 1. The third-order valence-corrected chi connectivity index (χ3v) is 4.79. The lowest BCUT2D eigenvalue weighted by molar-refractivity contribution is -0.142. The molecular formula is C20H28N2O5. The molecule has 1 aromatic carbocycles. The van der Waals surface area contributed by atoms with Crippen LogP contribution in [-0.2, 0) is 25.5 Å². The van der Waals surface area contributed by atoms with Crippen LogP contribution in [0.2, 0.25) is 0 Å². The van der Waals surface area contributed by atoms with E-state index in [-0.39, 0.29) is 31.9 Å². The van der Waals surface area contributed by atoms with Crippen LogP contribution in [0.15, 0.2) is 24.3 Å². The molecule has 0 saturated carbocycles. The summed E-state index contributed by atoms with van der Waals surface area (Å²) in [5.74, 6) is -2.19. The summed E-state index contributed by atoms with van der Waals surface area (Å²) in [6, 6.07) is 6.82. The van der Waals surface area contributed by atoms with Crippen molar-refractivity contribution >= 4 is 23.5 Å².